The summed E-state index contributed by atoms with van der Waals surface area (Å²) in [5.41, 5.74) is 0.730. The van der Waals surface area contributed by atoms with Gasteiger partial charge in [0, 0.05) is 21.4 Å². The van der Waals surface area contributed by atoms with Gasteiger partial charge in [-0.3, -0.25) is 9.59 Å². The van der Waals surface area contributed by atoms with Crippen LogP contribution in [0.3, 0.4) is 0 Å². The lowest BCUT2D eigenvalue weighted by Gasteiger charge is -2.34. The molecule has 1 aromatic carbocycles. The number of nitrogens with zero attached hydrogens (tertiary/aromatic N) is 1. The Bertz CT molecular complexity index is 1040. The van der Waals surface area contributed by atoms with Gasteiger partial charge in [0.1, 0.15) is 11.8 Å². The molecule has 0 bridgehead atoms. The largest absolute Gasteiger partial charge is 0.494 e. The van der Waals surface area contributed by atoms with Crippen LogP contribution in [0.2, 0.25) is 0 Å². The minimum Gasteiger partial charge on any atom is -0.494 e. The molecular weight excluding hydrogens is 464 g/mol. The molecule has 0 aliphatic heterocycles. The van der Waals surface area contributed by atoms with E-state index in [0.29, 0.717) is 18.9 Å². The van der Waals surface area contributed by atoms with E-state index in [1.807, 2.05) is 66.2 Å². The summed E-state index contributed by atoms with van der Waals surface area (Å²) < 4.78 is 5.92. The molecule has 1 N–H and O–H groups in total. The zero-order chi connectivity index (χ0) is 23.8. The fourth-order valence-corrected chi connectivity index (χ4v) is 5.93. The van der Waals surface area contributed by atoms with Gasteiger partial charge in [-0.2, -0.15) is 0 Å². The fourth-order valence-electron chi connectivity index (χ4n) is 4.53. The van der Waals surface area contributed by atoms with Crippen LogP contribution in [0, 0.1) is 0 Å². The van der Waals surface area contributed by atoms with Gasteiger partial charge in [-0.05, 0) is 48.7 Å². The third-order valence-corrected chi connectivity index (χ3v) is 7.89. The predicted octanol–water partition coefficient (Wildman–Crippen LogP) is 5.97. The van der Waals surface area contributed by atoms with Gasteiger partial charge >= 0.3 is 0 Å². The lowest BCUT2D eigenvalue weighted by molar-refractivity contribution is -0.141. The smallest absolute Gasteiger partial charge is 0.247 e. The molecular formula is C27H32N2O3S2. The highest BCUT2D eigenvalue weighted by Gasteiger charge is 2.35. The molecule has 180 valence electrons. The van der Waals surface area contributed by atoms with Crippen molar-refractivity contribution in [2.75, 3.05) is 6.61 Å². The van der Waals surface area contributed by atoms with Crippen LogP contribution < -0.4 is 10.1 Å². The topological polar surface area (TPSA) is 58.6 Å². The summed E-state index contributed by atoms with van der Waals surface area (Å²) in [4.78, 5) is 31.4. The second-order valence-corrected chi connectivity index (χ2v) is 10.6. The highest BCUT2D eigenvalue weighted by Crippen LogP contribution is 2.33. The molecule has 3 aromatic rings. The highest BCUT2D eigenvalue weighted by atomic mass is 32.1. The van der Waals surface area contributed by atoms with E-state index in [1.54, 1.807) is 27.6 Å². The Hall–Kier alpha value is -2.64. The maximum Gasteiger partial charge on any atom is 0.247 e. The third kappa shape index (κ3) is 6.27. The summed E-state index contributed by atoms with van der Waals surface area (Å²) in [7, 11) is 0. The molecule has 1 unspecified atom stereocenters. The molecule has 2 amide bonds. The van der Waals surface area contributed by atoms with Crippen LogP contribution in [0.25, 0.3) is 0 Å². The number of hydrogen-bond acceptors (Lipinski definition) is 5. The Balaban J connectivity index is 1.71. The summed E-state index contributed by atoms with van der Waals surface area (Å²) in [6.07, 6.45) is 5.71. The van der Waals surface area contributed by atoms with Crippen molar-refractivity contribution in [3.8, 4) is 5.75 Å². The number of thiophene rings is 2. The Morgan fingerprint density at radius 3 is 2.38 bits per heavy atom. The van der Waals surface area contributed by atoms with Gasteiger partial charge in [0.15, 0.2) is 0 Å². The van der Waals surface area contributed by atoms with Crippen LogP contribution in [-0.2, 0) is 22.6 Å². The van der Waals surface area contributed by atoms with Gasteiger partial charge in [-0.1, -0.05) is 49.6 Å². The first-order chi connectivity index (χ1) is 16.7. The molecule has 5 nitrogen and oxygen atoms in total. The van der Waals surface area contributed by atoms with E-state index >= 15 is 0 Å². The zero-order valence-electron chi connectivity index (χ0n) is 19.6. The number of benzene rings is 1. The Morgan fingerprint density at radius 1 is 1.00 bits per heavy atom. The van der Waals surface area contributed by atoms with Crippen molar-refractivity contribution >= 4 is 34.5 Å². The number of carbonyl (C=O) groups excluding carboxylic acids is 2. The van der Waals surface area contributed by atoms with Crippen LogP contribution in [0.15, 0.2) is 59.3 Å². The SMILES string of the molecule is CCOc1ccccc1C(C(=O)NC1CCCCC1)N(Cc1cccs1)C(=O)Cc1cccs1. The predicted molar refractivity (Wildman–Crippen MR) is 138 cm³/mol. The van der Waals surface area contributed by atoms with Crippen molar-refractivity contribution in [2.24, 2.45) is 0 Å². The van der Waals surface area contributed by atoms with Gasteiger partial charge in [-0.25, -0.2) is 0 Å². The van der Waals surface area contributed by atoms with Crippen molar-refractivity contribution in [1.29, 1.82) is 0 Å². The molecule has 0 saturated heterocycles. The molecule has 4 rings (SSSR count). The van der Waals surface area contributed by atoms with Gasteiger partial charge in [0.25, 0.3) is 0 Å². The van der Waals surface area contributed by atoms with Crippen molar-refractivity contribution in [1.82, 2.24) is 10.2 Å². The molecule has 0 radical (unpaired) electrons. The summed E-state index contributed by atoms with van der Waals surface area (Å²) in [5.74, 6) is 0.454. The summed E-state index contributed by atoms with van der Waals surface area (Å²) in [6, 6.07) is 14.9. The van der Waals surface area contributed by atoms with Crippen molar-refractivity contribution in [3.63, 3.8) is 0 Å². The summed E-state index contributed by atoms with van der Waals surface area (Å²) in [5, 5.41) is 7.26. The minimum absolute atomic E-state index is 0.0639. The molecule has 1 aliphatic rings. The maximum absolute atomic E-state index is 13.9. The van der Waals surface area contributed by atoms with Crippen LogP contribution >= 0.6 is 22.7 Å². The highest BCUT2D eigenvalue weighted by molar-refractivity contribution is 7.10. The van der Waals surface area contributed by atoms with Crippen molar-refractivity contribution in [2.45, 2.75) is 64.1 Å². The van der Waals surface area contributed by atoms with Crippen LogP contribution in [0.1, 0.15) is 60.4 Å². The molecule has 1 aliphatic carbocycles. The average Bonchev–Trinajstić information content (AvgIpc) is 3.55. The van der Waals surface area contributed by atoms with Crippen molar-refractivity contribution in [3.05, 3.63) is 74.6 Å². The first-order valence-corrected chi connectivity index (χ1v) is 13.8. The Kier molecular flexibility index (Phi) is 8.77. The van der Waals surface area contributed by atoms with E-state index in [2.05, 4.69) is 5.32 Å². The molecule has 2 aromatic heterocycles. The molecule has 1 fully saturated rings. The van der Waals surface area contributed by atoms with E-state index in [1.165, 1.54) is 6.42 Å². The summed E-state index contributed by atoms with van der Waals surface area (Å²) in [6.45, 7) is 2.80. The van der Waals surface area contributed by atoms with Gasteiger partial charge in [0.2, 0.25) is 11.8 Å². The normalized spacial score (nSPS) is 15.0. The molecule has 2 heterocycles. The van der Waals surface area contributed by atoms with Crippen LogP contribution in [0.5, 0.6) is 5.75 Å². The number of amides is 2. The molecule has 7 heteroatoms. The quantitative estimate of drug-likeness (QED) is 0.376. The number of carbonyl (C=O) groups is 2. The van der Waals surface area contributed by atoms with E-state index in [9.17, 15) is 9.59 Å². The van der Waals surface area contributed by atoms with Crippen LogP contribution in [-0.4, -0.2) is 29.4 Å². The Morgan fingerprint density at radius 2 is 1.71 bits per heavy atom. The second kappa shape index (κ2) is 12.2. The lowest BCUT2D eigenvalue weighted by atomic mass is 9.94. The average molecular weight is 497 g/mol. The zero-order valence-corrected chi connectivity index (χ0v) is 21.2. The number of nitrogens with one attached hydrogen (secondary N) is 1. The van der Waals surface area contributed by atoms with E-state index < -0.39 is 6.04 Å². The third-order valence-electron chi connectivity index (χ3n) is 6.16. The first kappa shape index (κ1) is 24.5. The molecule has 0 spiro atoms. The standard InChI is InChI=1S/C27H32N2O3S2/c1-2-32-24-15-7-6-14-23(24)26(27(31)28-20-10-4-3-5-11-20)29(19-22-13-9-17-34-22)25(30)18-21-12-8-16-33-21/h6-9,12-17,20,26H,2-5,10-11,18-19H2,1H3,(H,28,31). The second-order valence-electron chi connectivity index (χ2n) is 8.57. The van der Waals surface area contributed by atoms with E-state index in [4.69, 9.17) is 4.74 Å². The van der Waals surface area contributed by atoms with E-state index in [-0.39, 0.29) is 24.3 Å². The van der Waals surface area contributed by atoms with E-state index in [0.717, 1.165) is 41.0 Å². The minimum atomic E-state index is -0.765. The first-order valence-electron chi connectivity index (χ1n) is 12.0. The number of ether oxygens (including phenoxy) is 1. The van der Waals surface area contributed by atoms with Crippen LogP contribution in [0.4, 0.5) is 0 Å². The molecule has 34 heavy (non-hydrogen) atoms. The van der Waals surface area contributed by atoms with Gasteiger partial charge < -0.3 is 15.0 Å². The summed E-state index contributed by atoms with van der Waals surface area (Å²) >= 11 is 3.16. The lowest BCUT2D eigenvalue weighted by Crippen LogP contribution is -2.47. The Labute approximate surface area is 209 Å². The number of para-hydroxylation sites is 1. The maximum atomic E-state index is 13.9. The number of hydrogen-bond donors (Lipinski definition) is 1. The monoisotopic (exact) mass is 496 g/mol. The van der Waals surface area contributed by atoms with Crippen molar-refractivity contribution < 1.29 is 14.3 Å². The van der Waals surface area contributed by atoms with Gasteiger partial charge in [0.05, 0.1) is 19.6 Å². The van der Waals surface area contributed by atoms with Gasteiger partial charge in [-0.15, -0.1) is 22.7 Å². The molecule has 1 saturated carbocycles. The molecule has 1 atom stereocenters. The fraction of sp³-hybridized carbons (Fsp3) is 0.407. The number of rotatable bonds is 10.